The van der Waals surface area contributed by atoms with Gasteiger partial charge in [0.05, 0.1) is 0 Å². The summed E-state index contributed by atoms with van der Waals surface area (Å²) in [6.45, 7) is 5.57. The van der Waals surface area contributed by atoms with Crippen LogP contribution >= 0.6 is 0 Å². The Kier molecular flexibility index (Phi) is 2.45. The Morgan fingerprint density at radius 2 is 2.33 bits per heavy atom. The number of hydrogen-bond acceptors (Lipinski definition) is 3. The van der Waals surface area contributed by atoms with E-state index in [1.807, 2.05) is 6.92 Å². The monoisotopic (exact) mass is 163 g/mol. The van der Waals surface area contributed by atoms with E-state index in [1.54, 1.807) is 18.3 Å². The molecule has 0 unspecified atom stereocenters. The molecular formula is C9H13N3. The smallest absolute Gasteiger partial charge is 0.123 e. The number of nitrogen functional groups attached to an aromatic ring is 1. The molecule has 0 aliphatic heterocycles. The van der Waals surface area contributed by atoms with Gasteiger partial charge in [0.1, 0.15) is 5.82 Å². The van der Waals surface area contributed by atoms with Gasteiger partial charge >= 0.3 is 0 Å². The summed E-state index contributed by atoms with van der Waals surface area (Å²) in [5, 5.41) is 0. The second-order valence-corrected chi connectivity index (χ2v) is 2.73. The van der Waals surface area contributed by atoms with Gasteiger partial charge in [0.2, 0.25) is 0 Å². The third-order valence-corrected chi connectivity index (χ3v) is 1.79. The molecule has 0 aliphatic rings. The molecule has 12 heavy (non-hydrogen) atoms. The molecule has 0 radical (unpaired) electrons. The van der Waals surface area contributed by atoms with E-state index >= 15 is 0 Å². The summed E-state index contributed by atoms with van der Waals surface area (Å²) in [7, 11) is 0. The number of nitrogens with two attached hydrogens (primary N) is 2. The highest BCUT2D eigenvalue weighted by Gasteiger charge is 2.04. The van der Waals surface area contributed by atoms with E-state index in [0.29, 0.717) is 5.82 Å². The number of pyridine rings is 1. The van der Waals surface area contributed by atoms with Crippen molar-refractivity contribution in [2.75, 3.05) is 5.73 Å². The zero-order valence-electron chi connectivity index (χ0n) is 7.12. The zero-order valence-corrected chi connectivity index (χ0v) is 7.12. The maximum atomic E-state index is 5.75. The van der Waals surface area contributed by atoms with Crippen LogP contribution < -0.4 is 11.5 Å². The summed E-state index contributed by atoms with van der Waals surface area (Å²) >= 11 is 0. The minimum atomic E-state index is -0.155. The van der Waals surface area contributed by atoms with Crippen LogP contribution in [0.1, 0.15) is 17.2 Å². The van der Waals surface area contributed by atoms with Crippen LogP contribution in [0.25, 0.3) is 0 Å². The van der Waals surface area contributed by atoms with Crippen LogP contribution in [0.3, 0.4) is 0 Å². The third-order valence-electron chi connectivity index (χ3n) is 1.79. The second kappa shape index (κ2) is 3.36. The second-order valence-electron chi connectivity index (χ2n) is 2.73. The van der Waals surface area contributed by atoms with E-state index < -0.39 is 0 Å². The number of anilines is 1. The van der Waals surface area contributed by atoms with E-state index in [-0.39, 0.29) is 6.04 Å². The molecule has 0 amide bonds. The highest BCUT2D eigenvalue weighted by atomic mass is 14.8. The molecule has 3 nitrogen and oxygen atoms in total. The van der Waals surface area contributed by atoms with E-state index in [9.17, 15) is 0 Å². The van der Waals surface area contributed by atoms with Crippen molar-refractivity contribution in [3.05, 3.63) is 36.0 Å². The van der Waals surface area contributed by atoms with Gasteiger partial charge in [-0.2, -0.15) is 0 Å². The Morgan fingerprint density at radius 3 is 2.83 bits per heavy atom. The van der Waals surface area contributed by atoms with Crippen LogP contribution in [0.2, 0.25) is 0 Å². The highest BCUT2D eigenvalue weighted by Crippen LogP contribution is 2.16. The molecule has 0 saturated heterocycles. The van der Waals surface area contributed by atoms with Gasteiger partial charge in [-0.3, -0.25) is 0 Å². The third kappa shape index (κ3) is 1.62. The SMILES string of the molecule is C=C[C@H](N)c1cnc(N)cc1C. The summed E-state index contributed by atoms with van der Waals surface area (Å²) in [6.07, 6.45) is 3.37. The fraction of sp³-hybridized carbons (Fsp3) is 0.222. The number of rotatable bonds is 2. The molecule has 1 rings (SSSR count). The van der Waals surface area contributed by atoms with Gasteiger partial charge in [-0.25, -0.2) is 4.98 Å². The van der Waals surface area contributed by atoms with E-state index in [0.717, 1.165) is 11.1 Å². The topological polar surface area (TPSA) is 64.9 Å². The molecule has 0 aromatic carbocycles. The Labute approximate surface area is 72.1 Å². The Morgan fingerprint density at radius 1 is 1.67 bits per heavy atom. The van der Waals surface area contributed by atoms with Gasteiger partial charge in [-0.15, -0.1) is 6.58 Å². The molecule has 1 heterocycles. The first-order valence-corrected chi connectivity index (χ1v) is 3.75. The molecule has 0 fully saturated rings. The maximum Gasteiger partial charge on any atom is 0.123 e. The van der Waals surface area contributed by atoms with Crippen LogP contribution in [0.15, 0.2) is 24.9 Å². The zero-order chi connectivity index (χ0) is 9.14. The van der Waals surface area contributed by atoms with Crippen molar-refractivity contribution in [3.63, 3.8) is 0 Å². The molecule has 3 heteroatoms. The van der Waals surface area contributed by atoms with Crippen LogP contribution in [-0.2, 0) is 0 Å². The first kappa shape index (κ1) is 8.74. The summed E-state index contributed by atoms with van der Waals surface area (Å²) in [4.78, 5) is 3.96. The van der Waals surface area contributed by atoms with Crippen LogP contribution in [0, 0.1) is 6.92 Å². The van der Waals surface area contributed by atoms with Crippen LogP contribution in [0.5, 0.6) is 0 Å². The quantitative estimate of drug-likeness (QED) is 0.643. The predicted molar refractivity (Wildman–Crippen MR) is 50.5 cm³/mol. The van der Waals surface area contributed by atoms with Gasteiger partial charge in [-0.1, -0.05) is 6.08 Å². The maximum absolute atomic E-state index is 5.75. The highest BCUT2D eigenvalue weighted by molar-refractivity contribution is 5.38. The average Bonchev–Trinajstić information content (AvgIpc) is 2.03. The van der Waals surface area contributed by atoms with Crippen molar-refractivity contribution in [1.82, 2.24) is 4.98 Å². The van der Waals surface area contributed by atoms with Crippen molar-refractivity contribution >= 4 is 5.82 Å². The lowest BCUT2D eigenvalue weighted by Crippen LogP contribution is -2.09. The lowest BCUT2D eigenvalue weighted by molar-refractivity contribution is 0.892. The molecule has 0 aliphatic carbocycles. The van der Waals surface area contributed by atoms with Crippen molar-refractivity contribution in [1.29, 1.82) is 0 Å². The molecule has 64 valence electrons. The molecule has 0 saturated carbocycles. The van der Waals surface area contributed by atoms with Crippen LogP contribution in [-0.4, -0.2) is 4.98 Å². The number of hydrogen-bond donors (Lipinski definition) is 2. The van der Waals surface area contributed by atoms with Crippen LogP contribution in [0.4, 0.5) is 5.82 Å². The largest absolute Gasteiger partial charge is 0.384 e. The Bertz CT molecular complexity index is 294. The molecular weight excluding hydrogens is 150 g/mol. The molecule has 0 spiro atoms. The van der Waals surface area contributed by atoms with Crippen molar-refractivity contribution in [3.8, 4) is 0 Å². The Balaban J connectivity index is 3.09. The standard InChI is InChI=1S/C9H13N3/c1-3-8(10)7-5-12-9(11)4-6(7)2/h3-5,8H,1,10H2,2H3,(H2,11,12)/t8-/m0/s1. The normalized spacial score (nSPS) is 12.5. The lowest BCUT2D eigenvalue weighted by Gasteiger charge is -2.09. The summed E-state index contributed by atoms with van der Waals surface area (Å²) in [5.41, 5.74) is 13.3. The van der Waals surface area contributed by atoms with Crippen molar-refractivity contribution < 1.29 is 0 Å². The minimum absolute atomic E-state index is 0.155. The van der Waals surface area contributed by atoms with Crippen molar-refractivity contribution in [2.45, 2.75) is 13.0 Å². The molecule has 4 N–H and O–H groups in total. The molecule has 0 bridgehead atoms. The number of nitrogens with zero attached hydrogens (tertiary/aromatic N) is 1. The summed E-state index contributed by atoms with van der Waals surface area (Å²) in [5.74, 6) is 0.521. The summed E-state index contributed by atoms with van der Waals surface area (Å²) < 4.78 is 0. The number of aromatic nitrogens is 1. The average molecular weight is 163 g/mol. The van der Waals surface area contributed by atoms with Gasteiger partial charge in [0.25, 0.3) is 0 Å². The minimum Gasteiger partial charge on any atom is -0.384 e. The van der Waals surface area contributed by atoms with E-state index in [2.05, 4.69) is 11.6 Å². The first-order chi connectivity index (χ1) is 5.65. The Hall–Kier alpha value is -1.35. The predicted octanol–water partition coefficient (Wildman–Crippen LogP) is 1.16. The van der Waals surface area contributed by atoms with Crippen molar-refractivity contribution in [2.24, 2.45) is 5.73 Å². The van der Waals surface area contributed by atoms with Gasteiger partial charge in [0.15, 0.2) is 0 Å². The molecule has 1 aromatic heterocycles. The fourth-order valence-corrected chi connectivity index (χ4v) is 1.06. The van der Waals surface area contributed by atoms with Gasteiger partial charge in [0, 0.05) is 12.2 Å². The van der Waals surface area contributed by atoms with E-state index in [1.165, 1.54) is 0 Å². The number of aryl methyl sites for hydroxylation is 1. The lowest BCUT2D eigenvalue weighted by atomic mass is 10.1. The fourth-order valence-electron chi connectivity index (χ4n) is 1.06. The summed E-state index contributed by atoms with van der Waals surface area (Å²) in [6, 6.07) is 1.65. The first-order valence-electron chi connectivity index (χ1n) is 3.75. The van der Waals surface area contributed by atoms with E-state index in [4.69, 9.17) is 11.5 Å². The molecule has 1 aromatic rings. The van der Waals surface area contributed by atoms with Gasteiger partial charge < -0.3 is 11.5 Å². The van der Waals surface area contributed by atoms with Gasteiger partial charge in [-0.05, 0) is 24.1 Å². The molecule has 1 atom stereocenters.